The number of rotatable bonds is 4. The molecule has 0 amide bonds. The third-order valence-corrected chi connectivity index (χ3v) is 5.85. The number of nitrogens with zero attached hydrogens (tertiary/aromatic N) is 3. The molecule has 6 heteroatoms. The minimum absolute atomic E-state index is 0.241. The second-order valence-electron chi connectivity index (χ2n) is 8.12. The Morgan fingerprint density at radius 2 is 1.93 bits per heavy atom. The number of benzene rings is 2. The number of hydrogen-bond acceptors (Lipinski definition) is 5. The number of likely N-dealkylation sites (tertiary alicyclic amines) is 1. The highest BCUT2D eigenvalue weighted by molar-refractivity contribution is 5.85. The van der Waals surface area contributed by atoms with Crippen molar-refractivity contribution in [2.75, 3.05) is 18.4 Å². The molecule has 5 nitrogen and oxygen atoms in total. The molecule has 2 aromatic carbocycles. The quantitative estimate of drug-likeness (QED) is 0.644. The fraction of sp³-hybridized carbons (Fsp3) is 0.391. The van der Waals surface area contributed by atoms with Crippen molar-refractivity contribution < 1.29 is 9.50 Å². The average molecular weight is 394 g/mol. The zero-order valence-electron chi connectivity index (χ0n) is 17.1. The SMILES string of the molecule is Cc1cc(Nc2ncc3ccc(O)c(C4CCN(C(C)C)CC4)c3n2)ccc1F. The van der Waals surface area contributed by atoms with E-state index in [2.05, 4.69) is 29.0 Å². The fourth-order valence-electron chi connectivity index (χ4n) is 4.13. The smallest absolute Gasteiger partial charge is 0.227 e. The number of nitrogens with one attached hydrogen (secondary N) is 1. The molecule has 2 N–H and O–H groups in total. The summed E-state index contributed by atoms with van der Waals surface area (Å²) in [5.74, 6) is 0.761. The Hall–Kier alpha value is -2.73. The molecule has 1 aliphatic heterocycles. The molecular weight excluding hydrogens is 367 g/mol. The molecule has 0 bridgehead atoms. The van der Waals surface area contributed by atoms with Crippen molar-refractivity contribution >= 4 is 22.5 Å². The third kappa shape index (κ3) is 4.03. The van der Waals surface area contributed by atoms with Crippen LogP contribution in [0.2, 0.25) is 0 Å². The van der Waals surface area contributed by atoms with Crippen LogP contribution in [-0.2, 0) is 0 Å². The van der Waals surface area contributed by atoms with Crippen molar-refractivity contribution in [3.05, 3.63) is 53.5 Å². The standard InChI is InChI=1S/C23H27FN4O/c1-14(2)28-10-8-16(9-11-28)21-20(29)7-4-17-13-25-23(27-22(17)21)26-18-5-6-19(24)15(3)12-18/h4-7,12-14,16,29H,8-11H2,1-3H3,(H,25,26,27). The molecule has 0 aliphatic carbocycles. The lowest BCUT2D eigenvalue weighted by molar-refractivity contribution is 0.171. The van der Waals surface area contributed by atoms with Gasteiger partial charge >= 0.3 is 0 Å². The number of phenols is 1. The number of fused-ring (bicyclic) bond motifs is 1. The first-order chi connectivity index (χ1) is 13.9. The summed E-state index contributed by atoms with van der Waals surface area (Å²) in [6.07, 6.45) is 3.76. The number of aromatic nitrogens is 2. The summed E-state index contributed by atoms with van der Waals surface area (Å²) in [4.78, 5) is 11.6. The van der Waals surface area contributed by atoms with Gasteiger partial charge in [-0.3, -0.25) is 0 Å². The maximum atomic E-state index is 13.5. The van der Waals surface area contributed by atoms with E-state index in [1.165, 1.54) is 6.07 Å². The summed E-state index contributed by atoms with van der Waals surface area (Å²) in [7, 11) is 0. The van der Waals surface area contributed by atoms with Crippen LogP contribution in [0.25, 0.3) is 10.9 Å². The fourth-order valence-corrected chi connectivity index (χ4v) is 4.13. The van der Waals surface area contributed by atoms with E-state index < -0.39 is 0 Å². The Morgan fingerprint density at radius 3 is 2.62 bits per heavy atom. The molecule has 0 spiro atoms. The van der Waals surface area contributed by atoms with Gasteiger partial charge in [-0.25, -0.2) is 14.4 Å². The molecule has 29 heavy (non-hydrogen) atoms. The second-order valence-corrected chi connectivity index (χ2v) is 8.12. The number of aromatic hydroxyl groups is 1. The van der Waals surface area contributed by atoms with Crippen molar-refractivity contribution in [2.24, 2.45) is 0 Å². The van der Waals surface area contributed by atoms with Crippen molar-refractivity contribution in [1.82, 2.24) is 14.9 Å². The topological polar surface area (TPSA) is 61.3 Å². The van der Waals surface area contributed by atoms with Gasteiger partial charge in [0.2, 0.25) is 5.95 Å². The van der Waals surface area contributed by atoms with Crippen LogP contribution >= 0.6 is 0 Å². The van der Waals surface area contributed by atoms with Crippen LogP contribution in [0.15, 0.2) is 36.5 Å². The van der Waals surface area contributed by atoms with Crippen LogP contribution in [0.4, 0.5) is 16.0 Å². The lowest BCUT2D eigenvalue weighted by Crippen LogP contribution is -2.37. The van der Waals surface area contributed by atoms with Crippen LogP contribution in [-0.4, -0.2) is 39.1 Å². The van der Waals surface area contributed by atoms with Crippen LogP contribution in [0.3, 0.4) is 0 Å². The van der Waals surface area contributed by atoms with Gasteiger partial charge in [-0.2, -0.15) is 0 Å². The average Bonchev–Trinajstić information content (AvgIpc) is 2.71. The normalized spacial score (nSPS) is 15.9. The van der Waals surface area contributed by atoms with Crippen molar-refractivity contribution in [3.8, 4) is 5.75 Å². The van der Waals surface area contributed by atoms with Gasteiger partial charge in [0, 0.05) is 28.9 Å². The minimum atomic E-state index is -0.241. The van der Waals surface area contributed by atoms with E-state index in [1.807, 2.05) is 6.07 Å². The predicted molar refractivity (Wildman–Crippen MR) is 114 cm³/mol. The lowest BCUT2D eigenvalue weighted by Gasteiger charge is -2.35. The highest BCUT2D eigenvalue weighted by Crippen LogP contribution is 2.38. The Labute approximate surface area is 170 Å². The first-order valence-electron chi connectivity index (χ1n) is 10.2. The Morgan fingerprint density at radius 1 is 1.17 bits per heavy atom. The summed E-state index contributed by atoms with van der Waals surface area (Å²) in [5, 5.41) is 14.7. The third-order valence-electron chi connectivity index (χ3n) is 5.85. The number of phenolic OH excluding ortho intramolecular Hbond substituents is 1. The van der Waals surface area contributed by atoms with Gasteiger partial charge in [-0.15, -0.1) is 0 Å². The van der Waals surface area contributed by atoms with E-state index in [1.54, 1.807) is 31.3 Å². The van der Waals surface area contributed by atoms with Crippen molar-refractivity contribution in [3.63, 3.8) is 0 Å². The number of halogens is 1. The van der Waals surface area contributed by atoms with Crippen LogP contribution < -0.4 is 5.32 Å². The van der Waals surface area contributed by atoms with Gasteiger partial charge in [0.15, 0.2) is 0 Å². The second kappa shape index (κ2) is 7.95. The van der Waals surface area contributed by atoms with Crippen molar-refractivity contribution in [1.29, 1.82) is 0 Å². The van der Waals surface area contributed by atoms with E-state index in [0.29, 0.717) is 23.3 Å². The molecule has 0 saturated carbocycles. The van der Waals surface area contributed by atoms with Crippen LogP contribution in [0.1, 0.15) is 43.7 Å². The van der Waals surface area contributed by atoms with Gasteiger partial charge in [0.1, 0.15) is 11.6 Å². The summed E-state index contributed by atoms with van der Waals surface area (Å²) in [6, 6.07) is 8.96. The molecule has 152 valence electrons. The Kier molecular flexibility index (Phi) is 5.37. The van der Waals surface area contributed by atoms with Gasteiger partial charge in [0.25, 0.3) is 0 Å². The molecule has 0 radical (unpaired) electrons. The maximum Gasteiger partial charge on any atom is 0.227 e. The van der Waals surface area contributed by atoms with Crippen molar-refractivity contribution in [2.45, 2.75) is 45.6 Å². The highest BCUT2D eigenvalue weighted by Gasteiger charge is 2.26. The summed E-state index contributed by atoms with van der Waals surface area (Å²) >= 11 is 0. The summed E-state index contributed by atoms with van der Waals surface area (Å²) in [6.45, 7) is 8.20. The zero-order valence-corrected chi connectivity index (χ0v) is 17.1. The molecule has 1 aliphatic rings. The van der Waals surface area contributed by atoms with E-state index >= 15 is 0 Å². The van der Waals surface area contributed by atoms with Gasteiger partial charge < -0.3 is 15.3 Å². The zero-order chi connectivity index (χ0) is 20.5. The molecule has 0 unspecified atom stereocenters. The number of hydrogen-bond donors (Lipinski definition) is 2. The first kappa shape index (κ1) is 19.6. The molecule has 2 heterocycles. The minimum Gasteiger partial charge on any atom is -0.508 e. The summed E-state index contributed by atoms with van der Waals surface area (Å²) < 4.78 is 13.5. The van der Waals surface area contributed by atoms with E-state index in [4.69, 9.17) is 4.98 Å². The molecule has 1 saturated heterocycles. The highest BCUT2D eigenvalue weighted by atomic mass is 19.1. The molecule has 3 aromatic rings. The molecule has 1 aromatic heterocycles. The van der Waals surface area contributed by atoms with Crippen LogP contribution in [0.5, 0.6) is 5.75 Å². The van der Waals surface area contributed by atoms with E-state index in [-0.39, 0.29) is 11.7 Å². The summed E-state index contributed by atoms with van der Waals surface area (Å²) in [5.41, 5.74) is 2.98. The number of piperidine rings is 1. The number of anilines is 2. The Balaban J connectivity index is 1.66. The number of aryl methyl sites for hydroxylation is 1. The molecular formula is C23H27FN4O. The van der Waals surface area contributed by atoms with Gasteiger partial charge in [-0.05, 0) is 88.5 Å². The largest absolute Gasteiger partial charge is 0.508 e. The van der Waals surface area contributed by atoms with E-state index in [0.717, 1.165) is 48.1 Å². The van der Waals surface area contributed by atoms with Gasteiger partial charge in [0.05, 0.1) is 5.52 Å². The Bertz CT molecular complexity index is 1030. The first-order valence-corrected chi connectivity index (χ1v) is 10.2. The maximum absolute atomic E-state index is 13.5. The monoisotopic (exact) mass is 394 g/mol. The lowest BCUT2D eigenvalue weighted by atomic mass is 9.87. The molecule has 1 fully saturated rings. The molecule has 4 rings (SSSR count). The van der Waals surface area contributed by atoms with Crippen LogP contribution in [0, 0.1) is 12.7 Å². The van der Waals surface area contributed by atoms with Gasteiger partial charge in [-0.1, -0.05) is 0 Å². The van der Waals surface area contributed by atoms with E-state index in [9.17, 15) is 9.50 Å². The molecule has 0 atom stereocenters. The predicted octanol–water partition coefficient (Wildman–Crippen LogP) is 5.11.